The Balaban J connectivity index is 2.81. The van der Waals surface area contributed by atoms with Gasteiger partial charge in [0.2, 0.25) is 11.9 Å². The number of carbonyl (C=O) groups is 1. The molecule has 0 saturated heterocycles. The summed E-state index contributed by atoms with van der Waals surface area (Å²) in [4.78, 5) is 20.6. The number of alkyl halides is 3. The van der Waals surface area contributed by atoms with Crippen LogP contribution in [-0.2, 0) is 11.0 Å². The minimum atomic E-state index is -4.54. The van der Waals surface area contributed by atoms with E-state index in [9.17, 15) is 18.0 Å². The number of nitrogens with one attached hydrogen (secondary N) is 1. The highest BCUT2D eigenvalue weighted by Gasteiger charge is 2.33. The Labute approximate surface area is 115 Å². The Morgan fingerprint density at radius 1 is 1.40 bits per heavy atom. The topological polar surface area (TPSA) is 58.1 Å². The highest BCUT2D eigenvalue weighted by molar-refractivity contribution is 5.83. The fraction of sp³-hybridized carbons (Fsp3) is 0.583. The molecule has 0 aliphatic rings. The maximum Gasteiger partial charge on any atom is 0.433 e. The van der Waals surface area contributed by atoms with Gasteiger partial charge in [-0.2, -0.15) is 13.2 Å². The number of hydrogen-bond donors (Lipinski definition) is 1. The summed E-state index contributed by atoms with van der Waals surface area (Å²) < 4.78 is 37.5. The van der Waals surface area contributed by atoms with Gasteiger partial charge in [0.15, 0.2) is 0 Å². The van der Waals surface area contributed by atoms with Crippen LogP contribution >= 0.6 is 0 Å². The first kappa shape index (κ1) is 16.2. The third kappa shape index (κ3) is 4.07. The monoisotopic (exact) mass is 290 g/mol. The van der Waals surface area contributed by atoms with Gasteiger partial charge in [0.05, 0.1) is 0 Å². The van der Waals surface area contributed by atoms with Gasteiger partial charge in [0.1, 0.15) is 11.7 Å². The van der Waals surface area contributed by atoms with Gasteiger partial charge >= 0.3 is 6.18 Å². The van der Waals surface area contributed by atoms with Crippen molar-refractivity contribution in [3.05, 3.63) is 18.0 Å². The fourth-order valence-corrected chi connectivity index (χ4v) is 1.65. The lowest BCUT2D eigenvalue weighted by Gasteiger charge is -2.23. The quantitative estimate of drug-likeness (QED) is 0.903. The number of amides is 1. The Kier molecular flexibility index (Phi) is 5.29. The molecule has 1 rings (SSSR count). The van der Waals surface area contributed by atoms with Crippen LogP contribution in [0.2, 0.25) is 0 Å². The van der Waals surface area contributed by atoms with Gasteiger partial charge in [-0.05, 0) is 26.8 Å². The van der Waals surface area contributed by atoms with Gasteiger partial charge < -0.3 is 10.2 Å². The van der Waals surface area contributed by atoms with Crippen molar-refractivity contribution >= 4 is 11.9 Å². The molecule has 0 bridgehead atoms. The maximum atomic E-state index is 12.5. The van der Waals surface area contributed by atoms with Crippen molar-refractivity contribution in [1.82, 2.24) is 14.9 Å². The van der Waals surface area contributed by atoms with Crippen LogP contribution in [0.15, 0.2) is 12.3 Å². The zero-order valence-corrected chi connectivity index (χ0v) is 11.5. The van der Waals surface area contributed by atoms with Crippen LogP contribution in [0.25, 0.3) is 0 Å². The van der Waals surface area contributed by atoms with Crippen LogP contribution in [0.3, 0.4) is 0 Å². The third-order valence-corrected chi connectivity index (χ3v) is 2.74. The first-order chi connectivity index (χ1) is 9.29. The molecule has 5 nitrogen and oxygen atoms in total. The van der Waals surface area contributed by atoms with E-state index in [4.69, 9.17) is 0 Å². The molecule has 0 aromatic carbocycles. The van der Waals surface area contributed by atoms with E-state index >= 15 is 0 Å². The molecule has 0 saturated carbocycles. The smallest absolute Gasteiger partial charge is 0.343 e. The molecule has 1 aromatic heterocycles. The molecule has 1 aromatic rings. The summed E-state index contributed by atoms with van der Waals surface area (Å²) in [5.41, 5.74) is -1.04. The molecule has 0 aliphatic heterocycles. The van der Waals surface area contributed by atoms with E-state index < -0.39 is 17.9 Å². The summed E-state index contributed by atoms with van der Waals surface area (Å²) in [5.74, 6) is -0.427. The SMILES string of the molecule is CCN(CC)C(=O)C(C)Nc1nccc(C(F)(F)F)n1. The van der Waals surface area contributed by atoms with E-state index in [-0.39, 0.29) is 11.9 Å². The van der Waals surface area contributed by atoms with E-state index in [0.717, 1.165) is 12.3 Å². The van der Waals surface area contributed by atoms with Crippen molar-refractivity contribution in [1.29, 1.82) is 0 Å². The molecule has 1 heterocycles. The largest absolute Gasteiger partial charge is 0.433 e. The van der Waals surface area contributed by atoms with Crippen molar-refractivity contribution < 1.29 is 18.0 Å². The van der Waals surface area contributed by atoms with Crippen molar-refractivity contribution in [2.75, 3.05) is 18.4 Å². The first-order valence-electron chi connectivity index (χ1n) is 6.25. The zero-order valence-electron chi connectivity index (χ0n) is 11.5. The molecule has 20 heavy (non-hydrogen) atoms. The average molecular weight is 290 g/mol. The molecule has 8 heteroatoms. The average Bonchev–Trinajstić information content (AvgIpc) is 2.39. The fourth-order valence-electron chi connectivity index (χ4n) is 1.65. The minimum absolute atomic E-state index is 0.212. The second-order valence-electron chi connectivity index (χ2n) is 4.14. The summed E-state index contributed by atoms with van der Waals surface area (Å²) in [6.45, 7) is 6.28. The predicted molar refractivity (Wildman–Crippen MR) is 68.0 cm³/mol. The van der Waals surface area contributed by atoms with Crippen molar-refractivity contribution in [3.8, 4) is 0 Å². The number of carbonyl (C=O) groups excluding carboxylic acids is 1. The van der Waals surface area contributed by atoms with E-state index in [1.807, 2.05) is 13.8 Å². The van der Waals surface area contributed by atoms with Crippen LogP contribution in [0, 0.1) is 0 Å². The number of aromatic nitrogens is 2. The molecule has 1 atom stereocenters. The van der Waals surface area contributed by atoms with Crippen LogP contribution in [0.5, 0.6) is 0 Å². The Morgan fingerprint density at radius 2 is 2.00 bits per heavy atom. The zero-order chi connectivity index (χ0) is 15.3. The maximum absolute atomic E-state index is 12.5. The van der Waals surface area contributed by atoms with Gasteiger partial charge in [0, 0.05) is 19.3 Å². The lowest BCUT2D eigenvalue weighted by molar-refractivity contribution is -0.141. The molecule has 1 unspecified atom stereocenters. The van der Waals surface area contributed by atoms with Crippen molar-refractivity contribution in [3.63, 3.8) is 0 Å². The second kappa shape index (κ2) is 6.53. The number of nitrogens with zero attached hydrogens (tertiary/aromatic N) is 3. The van der Waals surface area contributed by atoms with E-state index in [0.29, 0.717) is 13.1 Å². The molecule has 1 amide bonds. The number of likely N-dealkylation sites (N-methyl/N-ethyl adjacent to an activating group) is 1. The van der Waals surface area contributed by atoms with Gasteiger partial charge in [-0.25, -0.2) is 9.97 Å². The minimum Gasteiger partial charge on any atom is -0.343 e. The second-order valence-corrected chi connectivity index (χ2v) is 4.14. The molecular formula is C12H17F3N4O. The molecule has 0 radical (unpaired) electrons. The van der Waals surface area contributed by atoms with Gasteiger partial charge in [-0.15, -0.1) is 0 Å². The number of rotatable bonds is 5. The summed E-state index contributed by atoms with van der Waals surface area (Å²) in [5, 5.41) is 2.59. The summed E-state index contributed by atoms with van der Waals surface area (Å²) in [6.07, 6.45) is -3.53. The molecular weight excluding hydrogens is 273 g/mol. The molecule has 112 valence electrons. The number of hydrogen-bond acceptors (Lipinski definition) is 4. The van der Waals surface area contributed by atoms with Gasteiger partial charge in [-0.1, -0.05) is 0 Å². The number of halogens is 3. The van der Waals surface area contributed by atoms with Crippen molar-refractivity contribution in [2.45, 2.75) is 33.0 Å². The molecule has 0 fully saturated rings. The van der Waals surface area contributed by atoms with E-state index in [2.05, 4.69) is 15.3 Å². The molecule has 0 spiro atoms. The summed E-state index contributed by atoms with van der Waals surface area (Å²) in [6, 6.07) is 0.0839. The summed E-state index contributed by atoms with van der Waals surface area (Å²) >= 11 is 0. The van der Waals surface area contributed by atoms with Crippen LogP contribution in [0.4, 0.5) is 19.1 Å². The number of anilines is 1. The first-order valence-corrected chi connectivity index (χ1v) is 6.25. The highest BCUT2D eigenvalue weighted by atomic mass is 19.4. The highest BCUT2D eigenvalue weighted by Crippen LogP contribution is 2.27. The van der Waals surface area contributed by atoms with Crippen LogP contribution in [-0.4, -0.2) is 39.9 Å². The van der Waals surface area contributed by atoms with Crippen LogP contribution in [0.1, 0.15) is 26.5 Å². The lowest BCUT2D eigenvalue weighted by Crippen LogP contribution is -2.41. The van der Waals surface area contributed by atoms with Crippen LogP contribution < -0.4 is 5.32 Å². The van der Waals surface area contributed by atoms with Crippen molar-refractivity contribution in [2.24, 2.45) is 0 Å². The third-order valence-electron chi connectivity index (χ3n) is 2.74. The molecule has 1 N–H and O–H groups in total. The Bertz CT molecular complexity index is 460. The van der Waals surface area contributed by atoms with Gasteiger partial charge in [-0.3, -0.25) is 4.79 Å². The van der Waals surface area contributed by atoms with E-state index in [1.54, 1.807) is 11.8 Å². The van der Waals surface area contributed by atoms with E-state index in [1.165, 1.54) is 0 Å². The van der Waals surface area contributed by atoms with Gasteiger partial charge in [0.25, 0.3) is 0 Å². The summed E-state index contributed by atoms with van der Waals surface area (Å²) in [7, 11) is 0. The lowest BCUT2D eigenvalue weighted by atomic mass is 10.3. The molecule has 0 aliphatic carbocycles. The Morgan fingerprint density at radius 3 is 2.50 bits per heavy atom. The Hall–Kier alpha value is -1.86. The predicted octanol–water partition coefficient (Wildman–Crippen LogP) is 2.16. The normalized spacial score (nSPS) is 12.9. The standard InChI is InChI=1S/C12H17F3N4O/c1-4-19(5-2)10(20)8(3)17-11-16-7-6-9(18-11)12(13,14)15/h6-8H,4-5H2,1-3H3,(H,16,17,18).